The molecule has 0 aliphatic carbocycles. The quantitative estimate of drug-likeness (QED) is 0.397. The normalized spacial score (nSPS) is 19.1. The van der Waals surface area contributed by atoms with E-state index in [0.29, 0.717) is 43.1 Å². The van der Waals surface area contributed by atoms with E-state index in [9.17, 15) is 18.5 Å². The number of carbonyl (C=O) groups is 1. The molecule has 3 aromatic carbocycles. The van der Waals surface area contributed by atoms with Crippen LogP contribution >= 0.6 is 0 Å². The second-order valence-electron chi connectivity index (χ2n) is 11.4. The summed E-state index contributed by atoms with van der Waals surface area (Å²) in [5.74, 6) is 0.578. The molecule has 10 heteroatoms. The molecule has 2 atom stereocenters. The van der Waals surface area contributed by atoms with Crippen LogP contribution in [-0.4, -0.2) is 63.2 Å². The van der Waals surface area contributed by atoms with Crippen LogP contribution in [-0.2, 0) is 25.9 Å². The molecule has 0 radical (unpaired) electrons. The predicted octanol–water partition coefficient (Wildman–Crippen LogP) is 5.18. The fraction of sp³-hybridized carbons (Fsp3) is 0.419. The third-order valence-corrected chi connectivity index (χ3v) is 9.03. The molecule has 1 amide bonds. The van der Waals surface area contributed by atoms with Gasteiger partial charge in [0.1, 0.15) is 24.1 Å². The van der Waals surface area contributed by atoms with Crippen molar-refractivity contribution in [3.63, 3.8) is 0 Å². The van der Waals surface area contributed by atoms with Gasteiger partial charge in [0.05, 0.1) is 42.3 Å². The molecule has 1 fully saturated rings. The predicted molar refractivity (Wildman–Crippen MR) is 157 cm³/mol. The van der Waals surface area contributed by atoms with E-state index in [0.717, 1.165) is 21.9 Å². The second-order valence-corrected chi connectivity index (χ2v) is 13.5. The first-order valence-corrected chi connectivity index (χ1v) is 15.4. The number of hydrogen-bond donors (Lipinski definition) is 0. The van der Waals surface area contributed by atoms with Crippen molar-refractivity contribution in [2.45, 2.75) is 51.9 Å². The third kappa shape index (κ3) is 6.26. The molecule has 0 spiro atoms. The van der Waals surface area contributed by atoms with Crippen LogP contribution in [0.2, 0.25) is 0 Å². The minimum Gasteiger partial charge on any atom is -0.491 e. The molecule has 1 saturated heterocycles. The highest BCUT2D eigenvalue weighted by Crippen LogP contribution is 2.44. The molecule has 0 saturated carbocycles. The lowest BCUT2D eigenvalue weighted by Gasteiger charge is -2.34. The summed E-state index contributed by atoms with van der Waals surface area (Å²) < 4.78 is 45.5. The van der Waals surface area contributed by atoms with Gasteiger partial charge in [-0.1, -0.05) is 18.2 Å². The number of rotatable bonds is 6. The zero-order valence-electron chi connectivity index (χ0n) is 23.8. The first-order valence-electron chi connectivity index (χ1n) is 13.8. The van der Waals surface area contributed by atoms with Gasteiger partial charge in [-0.25, -0.2) is 13.2 Å². The molecule has 3 aromatic rings. The van der Waals surface area contributed by atoms with Crippen molar-refractivity contribution >= 4 is 32.6 Å². The van der Waals surface area contributed by atoms with E-state index in [1.807, 2.05) is 57.2 Å². The average Bonchev–Trinajstić information content (AvgIpc) is 3.34. The molecule has 2 aliphatic rings. The van der Waals surface area contributed by atoms with Crippen molar-refractivity contribution < 1.29 is 27.4 Å². The summed E-state index contributed by atoms with van der Waals surface area (Å²) in [6.07, 6.45) is -0.198. The molecule has 0 N–H and O–H groups in total. The molecule has 41 heavy (non-hydrogen) atoms. The molecule has 2 aliphatic heterocycles. The Hall–Kier alpha value is -3.81. The maximum absolute atomic E-state index is 13.3. The number of benzene rings is 3. The summed E-state index contributed by atoms with van der Waals surface area (Å²) >= 11 is 0. The van der Waals surface area contributed by atoms with Gasteiger partial charge in [-0.15, -0.1) is 0 Å². The number of sulfonamides is 1. The van der Waals surface area contributed by atoms with Crippen LogP contribution in [0.4, 0.5) is 10.5 Å². The monoisotopic (exact) mass is 577 g/mol. The van der Waals surface area contributed by atoms with E-state index in [-0.39, 0.29) is 24.6 Å². The Kier molecular flexibility index (Phi) is 7.86. The fourth-order valence-electron chi connectivity index (χ4n) is 5.27. The lowest BCUT2D eigenvalue weighted by Crippen LogP contribution is -2.49. The van der Waals surface area contributed by atoms with E-state index >= 15 is 0 Å². The van der Waals surface area contributed by atoms with E-state index in [1.165, 1.54) is 4.31 Å². The standard InChI is InChI=1S/C31H35N3O6S/c1-5-41(36,37)34-28-11-10-26(39-20-27-19-33(12-13-38-27)30(35)40-31(2,3)4)16-25(28)17-29(34)23-9-8-22-7-6-21(18-32)14-24(22)15-23/h6-11,14-16,27,29H,5,12-13,17,19-20H2,1-4H3. The topological polar surface area (TPSA) is 109 Å². The van der Waals surface area contributed by atoms with E-state index in [4.69, 9.17) is 14.2 Å². The van der Waals surface area contributed by atoms with Crippen LogP contribution in [0.15, 0.2) is 54.6 Å². The Labute approximate surface area is 241 Å². The minimum absolute atomic E-state index is 0.0273. The van der Waals surface area contributed by atoms with Gasteiger partial charge in [-0.05, 0) is 86.0 Å². The highest BCUT2D eigenvalue weighted by Gasteiger charge is 2.38. The Morgan fingerprint density at radius 3 is 2.61 bits per heavy atom. The van der Waals surface area contributed by atoms with Crippen LogP contribution in [0.3, 0.4) is 0 Å². The van der Waals surface area contributed by atoms with Gasteiger partial charge in [-0.3, -0.25) is 4.31 Å². The number of morpholine rings is 1. The Morgan fingerprint density at radius 1 is 1.10 bits per heavy atom. The van der Waals surface area contributed by atoms with Crippen molar-refractivity contribution in [3.8, 4) is 11.8 Å². The summed E-state index contributed by atoms with van der Waals surface area (Å²) in [5, 5.41) is 11.2. The van der Waals surface area contributed by atoms with Crippen molar-refractivity contribution in [1.82, 2.24) is 4.90 Å². The number of carbonyl (C=O) groups excluding carboxylic acids is 1. The molecule has 2 heterocycles. The number of ether oxygens (including phenoxy) is 3. The van der Waals surface area contributed by atoms with E-state index in [1.54, 1.807) is 30.0 Å². The molecule has 0 aromatic heterocycles. The van der Waals surface area contributed by atoms with Crippen molar-refractivity contribution in [1.29, 1.82) is 5.26 Å². The van der Waals surface area contributed by atoms with Gasteiger partial charge in [0.15, 0.2) is 0 Å². The first kappa shape index (κ1) is 28.7. The summed E-state index contributed by atoms with van der Waals surface area (Å²) in [5.41, 5.74) is 2.35. The smallest absolute Gasteiger partial charge is 0.410 e. The Bertz CT molecular complexity index is 1610. The lowest BCUT2D eigenvalue weighted by molar-refractivity contribution is -0.0557. The van der Waals surface area contributed by atoms with E-state index in [2.05, 4.69) is 6.07 Å². The highest BCUT2D eigenvalue weighted by atomic mass is 32.2. The van der Waals surface area contributed by atoms with Gasteiger partial charge < -0.3 is 19.1 Å². The molecular formula is C31H35N3O6S. The maximum Gasteiger partial charge on any atom is 0.410 e. The third-order valence-electron chi connectivity index (χ3n) is 7.25. The second kappa shape index (κ2) is 11.2. The number of anilines is 1. The minimum atomic E-state index is -3.57. The lowest BCUT2D eigenvalue weighted by atomic mass is 9.98. The van der Waals surface area contributed by atoms with Crippen LogP contribution < -0.4 is 9.04 Å². The number of nitrogens with zero attached hydrogens (tertiary/aromatic N) is 3. The summed E-state index contributed by atoms with van der Waals surface area (Å²) in [6, 6.07) is 18.6. The Morgan fingerprint density at radius 2 is 1.88 bits per heavy atom. The fourth-order valence-corrected chi connectivity index (χ4v) is 6.61. The average molecular weight is 578 g/mol. The molecule has 5 rings (SSSR count). The maximum atomic E-state index is 13.3. The first-order chi connectivity index (χ1) is 19.5. The molecule has 2 unspecified atom stereocenters. The molecular weight excluding hydrogens is 542 g/mol. The summed E-state index contributed by atoms with van der Waals surface area (Å²) in [4.78, 5) is 14.1. The van der Waals surface area contributed by atoms with Gasteiger partial charge >= 0.3 is 6.09 Å². The number of amides is 1. The number of hydrogen-bond acceptors (Lipinski definition) is 7. The molecule has 0 bridgehead atoms. The van der Waals surface area contributed by atoms with Gasteiger partial charge in [-0.2, -0.15) is 5.26 Å². The summed E-state index contributed by atoms with van der Waals surface area (Å²) in [6.45, 7) is 8.60. The van der Waals surface area contributed by atoms with Crippen LogP contribution in [0.5, 0.6) is 5.75 Å². The van der Waals surface area contributed by atoms with Crippen molar-refractivity contribution in [2.75, 3.05) is 36.4 Å². The van der Waals surface area contributed by atoms with Crippen LogP contribution in [0.25, 0.3) is 10.8 Å². The SMILES string of the molecule is CCS(=O)(=O)N1c2ccc(OCC3CN(C(=O)OC(C)(C)C)CCO3)cc2CC1c1ccc2ccc(C#N)cc2c1. The van der Waals surface area contributed by atoms with Crippen LogP contribution in [0, 0.1) is 11.3 Å². The summed E-state index contributed by atoms with van der Waals surface area (Å²) in [7, 11) is -3.57. The molecule has 216 valence electrons. The zero-order valence-corrected chi connectivity index (χ0v) is 24.6. The van der Waals surface area contributed by atoms with Crippen LogP contribution in [0.1, 0.15) is 50.4 Å². The highest BCUT2D eigenvalue weighted by molar-refractivity contribution is 7.92. The van der Waals surface area contributed by atoms with E-state index < -0.39 is 21.7 Å². The Balaban J connectivity index is 1.34. The number of fused-ring (bicyclic) bond motifs is 2. The largest absolute Gasteiger partial charge is 0.491 e. The number of nitriles is 1. The van der Waals surface area contributed by atoms with Gasteiger partial charge in [0, 0.05) is 13.0 Å². The van der Waals surface area contributed by atoms with Crippen molar-refractivity contribution in [3.05, 3.63) is 71.3 Å². The van der Waals surface area contributed by atoms with Gasteiger partial charge in [0.25, 0.3) is 0 Å². The van der Waals surface area contributed by atoms with Crippen molar-refractivity contribution in [2.24, 2.45) is 0 Å². The van der Waals surface area contributed by atoms with Gasteiger partial charge in [0.2, 0.25) is 10.0 Å². The molecule has 9 nitrogen and oxygen atoms in total. The zero-order chi connectivity index (χ0) is 29.4.